The van der Waals surface area contributed by atoms with Gasteiger partial charge in [0.05, 0.1) is 4.90 Å². The van der Waals surface area contributed by atoms with E-state index in [4.69, 9.17) is 5.73 Å². The summed E-state index contributed by atoms with van der Waals surface area (Å²) in [6.07, 6.45) is 1.74. The van der Waals surface area contributed by atoms with Crippen molar-refractivity contribution in [3.05, 3.63) is 59.4 Å². The molecule has 1 amide bonds. The summed E-state index contributed by atoms with van der Waals surface area (Å²) in [6, 6.07) is 9.43. The van der Waals surface area contributed by atoms with Gasteiger partial charge in [-0.15, -0.1) is 0 Å². The minimum atomic E-state index is -3.91. The number of rotatable bonds is 5. The molecular weight excluding hydrogens is 369 g/mol. The van der Waals surface area contributed by atoms with Gasteiger partial charge in [-0.25, -0.2) is 12.8 Å². The molecule has 0 aromatic heterocycles. The number of carbonyl (C=O) groups is 1. The fraction of sp³-hybridized carbons (Fsp3) is 0.316. The summed E-state index contributed by atoms with van der Waals surface area (Å²) < 4.78 is 40.7. The van der Waals surface area contributed by atoms with Crippen LogP contribution in [-0.4, -0.2) is 38.4 Å². The molecule has 1 saturated heterocycles. The van der Waals surface area contributed by atoms with Gasteiger partial charge < -0.3 is 10.6 Å². The summed E-state index contributed by atoms with van der Waals surface area (Å²) in [7, 11) is -3.91. The van der Waals surface area contributed by atoms with E-state index < -0.39 is 15.8 Å². The predicted molar refractivity (Wildman–Crippen MR) is 102 cm³/mol. The number of nitrogens with one attached hydrogen (secondary N) is 1. The molecule has 2 aromatic rings. The molecule has 6 nitrogen and oxygen atoms in total. The lowest BCUT2D eigenvalue weighted by Crippen LogP contribution is -2.40. The van der Waals surface area contributed by atoms with E-state index in [0.717, 1.165) is 12.8 Å². The lowest BCUT2D eigenvalue weighted by molar-refractivity contribution is 0.0740. The van der Waals surface area contributed by atoms with E-state index in [0.29, 0.717) is 24.2 Å². The van der Waals surface area contributed by atoms with Gasteiger partial charge in [-0.1, -0.05) is 6.07 Å². The van der Waals surface area contributed by atoms with Crippen LogP contribution in [0.3, 0.4) is 0 Å². The second kappa shape index (κ2) is 7.66. The lowest BCUT2D eigenvalue weighted by atomic mass is 10.1. The maximum atomic E-state index is 13.0. The minimum absolute atomic E-state index is 0.0190. The summed E-state index contributed by atoms with van der Waals surface area (Å²) >= 11 is 0. The largest absolute Gasteiger partial charge is 0.334 e. The molecule has 2 aromatic carbocycles. The van der Waals surface area contributed by atoms with Crippen LogP contribution in [0.4, 0.5) is 10.1 Å². The van der Waals surface area contributed by atoms with Crippen LogP contribution in [0.25, 0.3) is 0 Å². The number of benzene rings is 2. The Morgan fingerprint density at radius 2 is 1.96 bits per heavy atom. The SMILES string of the molecule is Cc1ccc(S(=O)(=O)Nc2ccc(F)cc2)cc1C(=O)N1CCCC1CN. The molecule has 27 heavy (non-hydrogen) atoms. The number of nitrogens with two attached hydrogens (primary N) is 1. The summed E-state index contributed by atoms with van der Waals surface area (Å²) in [5.41, 5.74) is 7.03. The second-order valence-corrected chi connectivity index (χ2v) is 8.30. The molecule has 1 atom stereocenters. The zero-order valence-corrected chi connectivity index (χ0v) is 15.8. The fourth-order valence-electron chi connectivity index (χ4n) is 3.23. The van der Waals surface area contributed by atoms with Crippen molar-refractivity contribution >= 4 is 21.6 Å². The average Bonchev–Trinajstić information content (AvgIpc) is 3.12. The number of anilines is 1. The molecule has 0 saturated carbocycles. The highest BCUT2D eigenvalue weighted by Gasteiger charge is 2.29. The molecule has 1 heterocycles. The number of aryl methyl sites for hydroxylation is 1. The second-order valence-electron chi connectivity index (χ2n) is 6.62. The van der Waals surface area contributed by atoms with E-state index in [9.17, 15) is 17.6 Å². The highest BCUT2D eigenvalue weighted by atomic mass is 32.2. The quantitative estimate of drug-likeness (QED) is 0.819. The predicted octanol–water partition coefficient (Wildman–Crippen LogP) is 2.50. The highest BCUT2D eigenvalue weighted by Crippen LogP contribution is 2.24. The Hall–Kier alpha value is -2.45. The molecule has 1 unspecified atom stereocenters. The van der Waals surface area contributed by atoms with Crippen molar-refractivity contribution in [1.82, 2.24) is 4.90 Å². The van der Waals surface area contributed by atoms with Crippen LogP contribution in [0.5, 0.6) is 0 Å². The van der Waals surface area contributed by atoms with Crippen LogP contribution in [-0.2, 0) is 10.0 Å². The van der Waals surface area contributed by atoms with Crippen molar-refractivity contribution < 1.29 is 17.6 Å². The Morgan fingerprint density at radius 1 is 1.26 bits per heavy atom. The summed E-state index contributed by atoms with van der Waals surface area (Å²) in [5, 5.41) is 0. The van der Waals surface area contributed by atoms with Gasteiger partial charge >= 0.3 is 0 Å². The van der Waals surface area contributed by atoms with Crippen molar-refractivity contribution in [2.75, 3.05) is 17.8 Å². The molecule has 0 bridgehead atoms. The minimum Gasteiger partial charge on any atom is -0.334 e. The number of sulfonamides is 1. The zero-order chi connectivity index (χ0) is 19.6. The van der Waals surface area contributed by atoms with E-state index >= 15 is 0 Å². The van der Waals surface area contributed by atoms with Crippen molar-refractivity contribution in [1.29, 1.82) is 0 Å². The van der Waals surface area contributed by atoms with Crippen molar-refractivity contribution in [2.45, 2.75) is 30.7 Å². The number of nitrogens with zero attached hydrogens (tertiary/aromatic N) is 1. The van der Waals surface area contributed by atoms with Gasteiger partial charge in [0.25, 0.3) is 15.9 Å². The molecule has 0 radical (unpaired) electrons. The molecule has 0 aliphatic carbocycles. The molecule has 8 heteroatoms. The van der Waals surface area contributed by atoms with Crippen molar-refractivity contribution in [3.63, 3.8) is 0 Å². The molecule has 1 aliphatic heterocycles. The van der Waals surface area contributed by atoms with Gasteiger partial charge in [0.15, 0.2) is 0 Å². The number of hydrogen-bond donors (Lipinski definition) is 2. The Bertz CT molecular complexity index is 945. The van der Waals surface area contributed by atoms with Gasteiger partial charge in [-0.3, -0.25) is 9.52 Å². The van der Waals surface area contributed by atoms with E-state index in [-0.39, 0.29) is 22.5 Å². The molecule has 144 valence electrons. The number of likely N-dealkylation sites (tertiary alicyclic amines) is 1. The third-order valence-corrected chi connectivity index (χ3v) is 6.14. The third-order valence-electron chi connectivity index (χ3n) is 4.76. The molecule has 3 N–H and O–H groups in total. The average molecular weight is 391 g/mol. The Labute approximate surface area is 158 Å². The van der Waals surface area contributed by atoms with Gasteiger partial charge in [0, 0.05) is 30.4 Å². The van der Waals surface area contributed by atoms with Crippen molar-refractivity contribution in [2.24, 2.45) is 5.73 Å². The standard InChI is InChI=1S/C19H22FN3O3S/c1-13-4-9-17(27(25,26)22-15-7-5-14(20)6-8-15)11-18(13)19(24)23-10-2-3-16(23)12-21/h4-9,11,16,22H,2-3,10,12,21H2,1H3. The Kier molecular flexibility index (Phi) is 5.48. The lowest BCUT2D eigenvalue weighted by Gasteiger charge is -2.24. The molecule has 3 rings (SSSR count). The molecule has 1 aliphatic rings. The number of carbonyl (C=O) groups excluding carboxylic acids is 1. The third kappa shape index (κ3) is 4.12. The van der Waals surface area contributed by atoms with E-state index in [1.165, 1.54) is 36.4 Å². The van der Waals surface area contributed by atoms with Gasteiger partial charge in [0.1, 0.15) is 5.82 Å². The van der Waals surface area contributed by atoms with Crippen LogP contribution in [0.15, 0.2) is 47.4 Å². The summed E-state index contributed by atoms with van der Waals surface area (Å²) in [5.74, 6) is -0.666. The van der Waals surface area contributed by atoms with Crippen LogP contribution < -0.4 is 10.5 Å². The van der Waals surface area contributed by atoms with E-state index in [2.05, 4.69) is 4.72 Å². The fourth-order valence-corrected chi connectivity index (χ4v) is 4.32. The topological polar surface area (TPSA) is 92.5 Å². The smallest absolute Gasteiger partial charge is 0.261 e. The maximum absolute atomic E-state index is 13.0. The maximum Gasteiger partial charge on any atom is 0.261 e. The first kappa shape index (κ1) is 19.3. The monoisotopic (exact) mass is 391 g/mol. The first-order valence-corrected chi connectivity index (χ1v) is 10.2. The van der Waals surface area contributed by atoms with Gasteiger partial charge in [-0.2, -0.15) is 0 Å². The van der Waals surface area contributed by atoms with Crippen LogP contribution in [0.2, 0.25) is 0 Å². The molecule has 1 fully saturated rings. The van der Waals surface area contributed by atoms with Gasteiger partial charge in [0.2, 0.25) is 0 Å². The van der Waals surface area contributed by atoms with Gasteiger partial charge in [-0.05, 0) is 61.7 Å². The van der Waals surface area contributed by atoms with Crippen LogP contribution in [0, 0.1) is 12.7 Å². The normalized spacial score (nSPS) is 17.1. The number of halogens is 1. The van der Waals surface area contributed by atoms with Crippen LogP contribution in [0.1, 0.15) is 28.8 Å². The Morgan fingerprint density at radius 3 is 2.63 bits per heavy atom. The number of hydrogen-bond acceptors (Lipinski definition) is 4. The number of amides is 1. The van der Waals surface area contributed by atoms with E-state index in [1.807, 2.05) is 0 Å². The first-order chi connectivity index (χ1) is 12.8. The molecular formula is C19H22FN3O3S. The molecule has 0 spiro atoms. The highest BCUT2D eigenvalue weighted by molar-refractivity contribution is 7.92. The van der Waals surface area contributed by atoms with Crippen molar-refractivity contribution in [3.8, 4) is 0 Å². The Balaban J connectivity index is 1.90. The zero-order valence-electron chi connectivity index (χ0n) is 15.0. The summed E-state index contributed by atoms with van der Waals surface area (Å²) in [4.78, 5) is 14.6. The van der Waals surface area contributed by atoms with Crippen LogP contribution >= 0.6 is 0 Å². The first-order valence-electron chi connectivity index (χ1n) is 8.72. The summed E-state index contributed by atoms with van der Waals surface area (Å²) in [6.45, 7) is 2.77. The van der Waals surface area contributed by atoms with E-state index in [1.54, 1.807) is 17.9 Å².